The lowest BCUT2D eigenvalue weighted by molar-refractivity contribution is 0.0520. The van der Waals surface area contributed by atoms with Gasteiger partial charge in [-0.25, -0.2) is 18.4 Å². The van der Waals surface area contributed by atoms with Gasteiger partial charge in [-0.3, -0.25) is 0 Å². The van der Waals surface area contributed by atoms with Gasteiger partial charge in [0.25, 0.3) is 0 Å². The highest BCUT2D eigenvalue weighted by Crippen LogP contribution is 2.15. The highest BCUT2D eigenvalue weighted by molar-refractivity contribution is 7.89. The van der Waals surface area contributed by atoms with E-state index in [0.29, 0.717) is 5.69 Å². The second-order valence-corrected chi connectivity index (χ2v) is 4.47. The zero-order valence-electron chi connectivity index (χ0n) is 8.40. The average Bonchev–Trinajstić information content (AvgIpc) is 2.47. The Balaban J connectivity index is 3.12. The van der Waals surface area contributed by atoms with Crippen molar-refractivity contribution in [2.75, 3.05) is 6.61 Å². The van der Waals surface area contributed by atoms with E-state index in [-0.39, 0.29) is 17.2 Å². The Kier molecular flexibility index (Phi) is 3.15. The number of hydrogen-bond acceptors (Lipinski definition) is 4. The van der Waals surface area contributed by atoms with Gasteiger partial charge in [0, 0.05) is 5.69 Å². The fraction of sp³-hybridized carbons (Fsp3) is 0.375. The summed E-state index contributed by atoms with van der Waals surface area (Å²) < 4.78 is 26.8. The normalized spacial score (nSPS) is 11.4. The molecule has 0 saturated carbocycles. The van der Waals surface area contributed by atoms with Crippen molar-refractivity contribution in [2.45, 2.75) is 18.7 Å². The average molecular weight is 232 g/mol. The number of nitrogens with one attached hydrogen (secondary N) is 1. The highest BCUT2D eigenvalue weighted by atomic mass is 32.2. The smallest absolute Gasteiger partial charge is 0.354 e. The number of rotatable bonds is 3. The summed E-state index contributed by atoms with van der Waals surface area (Å²) in [5.74, 6) is -0.601. The van der Waals surface area contributed by atoms with Crippen molar-refractivity contribution in [3.05, 3.63) is 17.5 Å². The minimum Gasteiger partial charge on any atom is -0.461 e. The van der Waals surface area contributed by atoms with Crippen LogP contribution in [0.5, 0.6) is 0 Å². The lowest BCUT2D eigenvalue weighted by Crippen LogP contribution is -2.12. The Bertz CT molecular complexity index is 475. The molecule has 0 unspecified atom stereocenters. The van der Waals surface area contributed by atoms with Gasteiger partial charge in [-0.05, 0) is 19.9 Å². The van der Waals surface area contributed by atoms with E-state index in [1.165, 1.54) is 13.0 Å². The van der Waals surface area contributed by atoms with E-state index in [4.69, 9.17) is 9.88 Å². The molecule has 84 valence electrons. The molecule has 1 heterocycles. The molecule has 0 aromatic carbocycles. The van der Waals surface area contributed by atoms with Crippen molar-refractivity contribution < 1.29 is 17.9 Å². The zero-order chi connectivity index (χ0) is 11.6. The molecule has 0 saturated heterocycles. The molecule has 0 aliphatic carbocycles. The summed E-state index contributed by atoms with van der Waals surface area (Å²) in [5.41, 5.74) is 0.402. The van der Waals surface area contributed by atoms with E-state index in [0.717, 1.165) is 0 Å². The van der Waals surface area contributed by atoms with Crippen LogP contribution in [0.4, 0.5) is 0 Å². The second-order valence-electron chi connectivity index (χ2n) is 2.94. The van der Waals surface area contributed by atoms with E-state index in [1.807, 2.05) is 0 Å². The summed E-state index contributed by atoms with van der Waals surface area (Å²) in [4.78, 5) is 13.8. The van der Waals surface area contributed by atoms with Crippen molar-refractivity contribution in [3.8, 4) is 0 Å². The molecule has 1 rings (SSSR count). The van der Waals surface area contributed by atoms with E-state index in [1.54, 1.807) is 6.92 Å². The summed E-state index contributed by atoms with van der Waals surface area (Å²) in [6.07, 6.45) is 0. The number of ether oxygens (including phenoxy) is 1. The number of aromatic amines is 1. The molecule has 15 heavy (non-hydrogen) atoms. The number of primary sulfonamides is 1. The number of nitrogens with two attached hydrogens (primary N) is 1. The lowest BCUT2D eigenvalue weighted by atomic mass is 10.4. The third-order valence-corrected chi connectivity index (χ3v) is 2.81. The van der Waals surface area contributed by atoms with Crippen LogP contribution in [0.1, 0.15) is 23.1 Å². The standard InChI is InChI=1S/C8H12N2O4S/c1-3-14-8(11)6-4-7(5(2)10-6)15(9,12)13/h4,10H,3H2,1-2H3,(H2,9,12,13). The first-order valence-corrected chi connectivity index (χ1v) is 5.80. The van der Waals surface area contributed by atoms with Gasteiger partial charge >= 0.3 is 5.97 Å². The second kappa shape index (κ2) is 4.03. The Morgan fingerprint density at radius 3 is 2.60 bits per heavy atom. The van der Waals surface area contributed by atoms with Gasteiger partial charge in [-0.1, -0.05) is 0 Å². The van der Waals surface area contributed by atoms with Crippen LogP contribution in [0.25, 0.3) is 0 Å². The third kappa shape index (κ3) is 2.57. The van der Waals surface area contributed by atoms with E-state index < -0.39 is 16.0 Å². The molecule has 6 nitrogen and oxygen atoms in total. The molecule has 0 amide bonds. The third-order valence-electron chi connectivity index (χ3n) is 1.77. The minimum atomic E-state index is -3.80. The first kappa shape index (κ1) is 11.7. The Morgan fingerprint density at radius 1 is 1.60 bits per heavy atom. The molecule has 0 spiro atoms. The molecule has 0 aliphatic heterocycles. The molecule has 3 N–H and O–H groups in total. The maximum absolute atomic E-state index is 11.2. The van der Waals surface area contributed by atoms with Crippen molar-refractivity contribution in [1.29, 1.82) is 0 Å². The van der Waals surface area contributed by atoms with Crippen LogP contribution < -0.4 is 5.14 Å². The van der Waals surface area contributed by atoms with E-state index >= 15 is 0 Å². The number of aryl methyl sites for hydroxylation is 1. The zero-order valence-corrected chi connectivity index (χ0v) is 9.22. The number of carbonyl (C=O) groups is 1. The number of carbonyl (C=O) groups excluding carboxylic acids is 1. The largest absolute Gasteiger partial charge is 0.461 e. The van der Waals surface area contributed by atoms with Crippen LogP contribution >= 0.6 is 0 Å². The van der Waals surface area contributed by atoms with Gasteiger partial charge in [0.2, 0.25) is 10.0 Å². The van der Waals surface area contributed by atoms with Crippen molar-refractivity contribution >= 4 is 16.0 Å². The molecule has 0 bridgehead atoms. The predicted octanol–water partition coefficient (Wildman–Crippen LogP) is 0.147. The first-order chi connectivity index (χ1) is 6.86. The predicted molar refractivity (Wildman–Crippen MR) is 52.9 cm³/mol. The number of H-pyrrole nitrogens is 1. The van der Waals surface area contributed by atoms with Gasteiger partial charge in [0.05, 0.1) is 6.61 Å². The SMILES string of the molecule is CCOC(=O)c1cc(S(N)(=O)=O)c(C)[nH]1. The molecule has 7 heteroatoms. The van der Waals surface area contributed by atoms with Gasteiger partial charge in [-0.15, -0.1) is 0 Å². The van der Waals surface area contributed by atoms with Gasteiger partial charge in [0.15, 0.2) is 0 Å². The van der Waals surface area contributed by atoms with Crippen molar-refractivity contribution in [2.24, 2.45) is 5.14 Å². The fourth-order valence-electron chi connectivity index (χ4n) is 1.15. The van der Waals surface area contributed by atoms with Crippen molar-refractivity contribution in [3.63, 3.8) is 0 Å². The van der Waals surface area contributed by atoms with Crippen molar-refractivity contribution in [1.82, 2.24) is 4.98 Å². The maximum atomic E-state index is 11.2. The highest BCUT2D eigenvalue weighted by Gasteiger charge is 2.18. The molecule has 0 atom stereocenters. The monoisotopic (exact) mass is 232 g/mol. The summed E-state index contributed by atoms with van der Waals surface area (Å²) in [5, 5.41) is 4.95. The van der Waals surface area contributed by atoms with E-state index in [2.05, 4.69) is 4.98 Å². The minimum absolute atomic E-state index is 0.0818. The molecule has 1 aromatic heterocycles. The molecule has 0 aliphatic rings. The quantitative estimate of drug-likeness (QED) is 0.724. The number of sulfonamides is 1. The number of hydrogen-bond donors (Lipinski definition) is 2. The number of esters is 1. The Labute approximate surface area is 87.5 Å². The molecule has 0 radical (unpaired) electrons. The fourth-order valence-corrected chi connectivity index (χ4v) is 1.91. The molecular formula is C8H12N2O4S. The molecular weight excluding hydrogens is 220 g/mol. The summed E-state index contributed by atoms with van der Waals surface area (Å²) in [7, 11) is -3.80. The van der Waals surface area contributed by atoms with Crippen LogP contribution in [0, 0.1) is 6.92 Å². The first-order valence-electron chi connectivity index (χ1n) is 4.25. The Morgan fingerprint density at radius 2 is 2.20 bits per heavy atom. The van der Waals surface area contributed by atoms with Crippen LogP contribution in [0.15, 0.2) is 11.0 Å². The number of aromatic nitrogens is 1. The van der Waals surface area contributed by atoms with Crippen LogP contribution in [-0.4, -0.2) is 26.0 Å². The van der Waals surface area contributed by atoms with Gasteiger partial charge in [-0.2, -0.15) is 0 Å². The van der Waals surface area contributed by atoms with Crippen LogP contribution in [-0.2, 0) is 14.8 Å². The van der Waals surface area contributed by atoms with Crippen LogP contribution in [0.2, 0.25) is 0 Å². The maximum Gasteiger partial charge on any atom is 0.354 e. The van der Waals surface area contributed by atoms with Gasteiger partial charge in [0.1, 0.15) is 10.6 Å². The molecule has 0 fully saturated rings. The summed E-state index contributed by atoms with van der Waals surface area (Å²) >= 11 is 0. The lowest BCUT2D eigenvalue weighted by Gasteiger charge is -1.96. The van der Waals surface area contributed by atoms with Crippen LogP contribution in [0.3, 0.4) is 0 Å². The Hall–Kier alpha value is -1.34. The topological polar surface area (TPSA) is 102 Å². The molecule has 1 aromatic rings. The summed E-state index contributed by atoms with van der Waals surface area (Å²) in [6.45, 7) is 3.40. The summed E-state index contributed by atoms with van der Waals surface area (Å²) in [6, 6.07) is 1.17. The van der Waals surface area contributed by atoms with Gasteiger partial charge < -0.3 is 9.72 Å². The van der Waals surface area contributed by atoms with E-state index in [9.17, 15) is 13.2 Å².